The van der Waals surface area contributed by atoms with Gasteiger partial charge in [-0.05, 0) is 41.1 Å². The molecule has 0 aliphatic rings. The number of nitrogens with one attached hydrogen (secondary N) is 1. The molecule has 2 rings (SSSR count). The van der Waals surface area contributed by atoms with E-state index in [4.69, 9.17) is 5.73 Å². The average Bonchev–Trinajstić information content (AvgIpc) is 2.62. The summed E-state index contributed by atoms with van der Waals surface area (Å²) in [6.07, 6.45) is 0. The van der Waals surface area contributed by atoms with E-state index >= 15 is 0 Å². The lowest BCUT2D eigenvalue weighted by Gasteiger charge is -2.07. The number of anilines is 2. The summed E-state index contributed by atoms with van der Waals surface area (Å²) in [5, 5.41) is 2.12. The van der Waals surface area contributed by atoms with Crippen LogP contribution in [0.2, 0.25) is 0 Å². The maximum atomic E-state index is 12.1. The molecule has 5 nitrogen and oxygen atoms in total. The number of nitrogens with two attached hydrogens (primary N) is 1. The van der Waals surface area contributed by atoms with E-state index in [-0.39, 0.29) is 4.90 Å². The number of nitrogen functional groups attached to an aromatic ring is 1. The molecule has 0 amide bonds. The Morgan fingerprint density at radius 1 is 1.44 bits per heavy atom. The van der Waals surface area contributed by atoms with Gasteiger partial charge in [0.1, 0.15) is 4.90 Å². The highest BCUT2D eigenvalue weighted by Gasteiger charge is 2.19. The Morgan fingerprint density at radius 2 is 2.17 bits per heavy atom. The van der Waals surface area contributed by atoms with Crippen molar-refractivity contribution in [3.63, 3.8) is 0 Å². The molecule has 0 saturated carbocycles. The van der Waals surface area contributed by atoms with Crippen molar-refractivity contribution in [1.29, 1.82) is 0 Å². The maximum Gasteiger partial charge on any atom is 0.264 e. The minimum absolute atomic E-state index is 0.129. The van der Waals surface area contributed by atoms with Crippen molar-refractivity contribution < 1.29 is 8.42 Å². The van der Waals surface area contributed by atoms with Gasteiger partial charge in [0, 0.05) is 15.5 Å². The van der Waals surface area contributed by atoms with Crippen molar-refractivity contribution in [3.05, 3.63) is 33.7 Å². The normalized spacial score (nSPS) is 11.4. The number of sulfonamides is 1. The predicted molar refractivity (Wildman–Crippen MR) is 76.2 cm³/mol. The van der Waals surface area contributed by atoms with Gasteiger partial charge in [0.25, 0.3) is 10.0 Å². The zero-order valence-corrected chi connectivity index (χ0v) is 12.6. The fourth-order valence-corrected chi connectivity index (χ4v) is 4.34. The van der Waals surface area contributed by atoms with E-state index in [0.29, 0.717) is 15.3 Å². The number of halogens is 1. The maximum absolute atomic E-state index is 12.1. The summed E-state index contributed by atoms with van der Waals surface area (Å²) in [4.78, 5) is 4.19. The Kier molecular flexibility index (Phi) is 3.60. The molecule has 1 aromatic heterocycles. The largest absolute Gasteiger partial charge is 0.399 e. The van der Waals surface area contributed by atoms with Crippen LogP contribution in [0.4, 0.5) is 10.8 Å². The summed E-state index contributed by atoms with van der Waals surface area (Å²) >= 11 is 4.42. The molecule has 0 unspecified atom stereocenters. The number of thiazole rings is 1. The number of benzene rings is 1. The number of nitrogens with zero attached hydrogens (tertiary/aromatic N) is 1. The molecule has 18 heavy (non-hydrogen) atoms. The van der Waals surface area contributed by atoms with Crippen LogP contribution >= 0.6 is 27.3 Å². The van der Waals surface area contributed by atoms with Gasteiger partial charge in [0.15, 0.2) is 5.13 Å². The van der Waals surface area contributed by atoms with Gasteiger partial charge in [-0.25, -0.2) is 13.4 Å². The fourth-order valence-electron chi connectivity index (χ4n) is 1.31. The monoisotopic (exact) mass is 347 g/mol. The Bertz CT molecular complexity index is 682. The molecule has 1 heterocycles. The molecule has 96 valence electrons. The number of aromatic nitrogens is 1. The van der Waals surface area contributed by atoms with Crippen molar-refractivity contribution in [2.24, 2.45) is 0 Å². The van der Waals surface area contributed by atoms with E-state index in [1.807, 2.05) is 0 Å². The number of hydrogen-bond acceptors (Lipinski definition) is 5. The molecule has 0 aliphatic heterocycles. The smallest absolute Gasteiger partial charge is 0.264 e. The van der Waals surface area contributed by atoms with Crippen molar-refractivity contribution in [1.82, 2.24) is 4.98 Å². The summed E-state index contributed by atoms with van der Waals surface area (Å²) in [5.74, 6) is 0. The predicted octanol–water partition coefficient (Wildman–Crippen LogP) is 2.60. The van der Waals surface area contributed by atoms with E-state index in [0.717, 1.165) is 5.69 Å². The zero-order valence-electron chi connectivity index (χ0n) is 9.34. The quantitative estimate of drug-likeness (QED) is 0.835. The third-order valence-corrected chi connectivity index (χ3v) is 5.41. The van der Waals surface area contributed by atoms with E-state index < -0.39 is 10.0 Å². The minimum Gasteiger partial charge on any atom is -0.399 e. The fraction of sp³-hybridized carbons (Fsp3) is 0.100. The van der Waals surface area contributed by atoms with Gasteiger partial charge in [-0.15, -0.1) is 11.3 Å². The van der Waals surface area contributed by atoms with Crippen LogP contribution in [0.15, 0.2) is 32.9 Å². The molecule has 0 atom stereocenters. The topological polar surface area (TPSA) is 85.1 Å². The van der Waals surface area contributed by atoms with Crippen LogP contribution in [0.5, 0.6) is 0 Å². The van der Waals surface area contributed by atoms with Gasteiger partial charge in [-0.2, -0.15) is 0 Å². The van der Waals surface area contributed by atoms with Crippen LogP contribution in [0, 0.1) is 6.92 Å². The SMILES string of the molecule is Cc1csc(NS(=O)(=O)c2ccc(N)cc2Br)n1. The first-order valence-corrected chi connectivity index (χ1v) is 8.04. The minimum atomic E-state index is -3.65. The molecule has 3 N–H and O–H groups in total. The number of hydrogen-bond donors (Lipinski definition) is 2. The standard InChI is InChI=1S/C10H10BrN3O2S2/c1-6-5-17-10(13-6)14-18(15,16)9-3-2-7(12)4-8(9)11/h2-5H,12H2,1H3,(H,13,14). The molecule has 0 fully saturated rings. The molecule has 0 bridgehead atoms. The molecule has 8 heteroatoms. The molecule has 0 saturated heterocycles. The Morgan fingerprint density at radius 3 is 2.72 bits per heavy atom. The Hall–Kier alpha value is -1.12. The Balaban J connectivity index is 2.36. The summed E-state index contributed by atoms with van der Waals surface area (Å²) in [5.41, 5.74) is 6.84. The lowest BCUT2D eigenvalue weighted by atomic mass is 10.3. The molecule has 0 aliphatic carbocycles. The second kappa shape index (κ2) is 4.87. The highest BCUT2D eigenvalue weighted by Crippen LogP contribution is 2.27. The van der Waals surface area contributed by atoms with Crippen LogP contribution < -0.4 is 10.5 Å². The van der Waals surface area contributed by atoms with Gasteiger partial charge >= 0.3 is 0 Å². The van der Waals surface area contributed by atoms with Crippen molar-refractivity contribution in [2.45, 2.75) is 11.8 Å². The summed E-state index contributed by atoms with van der Waals surface area (Å²) in [6, 6.07) is 4.52. The van der Waals surface area contributed by atoms with E-state index in [2.05, 4.69) is 25.6 Å². The van der Waals surface area contributed by atoms with Crippen molar-refractivity contribution in [3.8, 4) is 0 Å². The van der Waals surface area contributed by atoms with Gasteiger partial charge in [-0.3, -0.25) is 4.72 Å². The van der Waals surface area contributed by atoms with Gasteiger partial charge in [0.05, 0.1) is 5.69 Å². The van der Waals surface area contributed by atoms with Crippen molar-refractivity contribution in [2.75, 3.05) is 10.5 Å². The highest BCUT2D eigenvalue weighted by atomic mass is 79.9. The van der Waals surface area contributed by atoms with Crippen LogP contribution in [0.3, 0.4) is 0 Å². The van der Waals surface area contributed by atoms with Crippen LogP contribution in [0.25, 0.3) is 0 Å². The number of aryl methyl sites for hydroxylation is 1. The van der Waals surface area contributed by atoms with Gasteiger partial charge in [-0.1, -0.05) is 0 Å². The van der Waals surface area contributed by atoms with E-state index in [1.54, 1.807) is 18.4 Å². The van der Waals surface area contributed by atoms with Gasteiger partial charge < -0.3 is 5.73 Å². The first-order chi connectivity index (χ1) is 8.38. The first-order valence-electron chi connectivity index (χ1n) is 4.88. The second-order valence-corrected chi connectivity index (χ2v) is 6.95. The summed E-state index contributed by atoms with van der Waals surface area (Å²) in [7, 11) is -3.65. The highest BCUT2D eigenvalue weighted by molar-refractivity contribution is 9.10. The number of rotatable bonds is 3. The average molecular weight is 348 g/mol. The van der Waals surface area contributed by atoms with Crippen LogP contribution in [-0.4, -0.2) is 13.4 Å². The van der Waals surface area contributed by atoms with Crippen LogP contribution in [0.1, 0.15) is 5.69 Å². The molecular formula is C10H10BrN3O2S2. The molecular weight excluding hydrogens is 338 g/mol. The lowest BCUT2D eigenvalue weighted by molar-refractivity contribution is 0.601. The van der Waals surface area contributed by atoms with E-state index in [9.17, 15) is 8.42 Å². The zero-order chi connectivity index (χ0) is 13.3. The van der Waals surface area contributed by atoms with Gasteiger partial charge in [0.2, 0.25) is 0 Å². The Labute approximate surface area is 117 Å². The molecule has 0 radical (unpaired) electrons. The third-order valence-electron chi connectivity index (χ3n) is 2.09. The van der Waals surface area contributed by atoms with Crippen molar-refractivity contribution >= 4 is 48.1 Å². The summed E-state index contributed by atoms with van der Waals surface area (Å²) < 4.78 is 27.1. The van der Waals surface area contributed by atoms with E-state index in [1.165, 1.54) is 23.5 Å². The van der Waals surface area contributed by atoms with Crippen LogP contribution in [-0.2, 0) is 10.0 Å². The summed E-state index contributed by atoms with van der Waals surface area (Å²) in [6.45, 7) is 1.80. The lowest BCUT2D eigenvalue weighted by Crippen LogP contribution is -2.13. The second-order valence-electron chi connectivity index (χ2n) is 3.59. The molecule has 0 spiro atoms. The molecule has 1 aromatic carbocycles. The third kappa shape index (κ3) is 2.82. The molecule has 2 aromatic rings. The first kappa shape index (κ1) is 13.3.